The number of amides is 2. The quantitative estimate of drug-likeness (QED) is 0.600. The Labute approximate surface area is 112 Å². The van der Waals surface area contributed by atoms with Gasteiger partial charge in [0.2, 0.25) is 0 Å². The fourth-order valence-electron chi connectivity index (χ4n) is 1.87. The molecular formula is C15H17NO3. The molecule has 1 aromatic rings. The van der Waals surface area contributed by atoms with Crippen molar-refractivity contribution in [3.05, 3.63) is 41.5 Å². The van der Waals surface area contributed by atoms with Crippen LogP contribution in [-0.4, -0.2) is 29.9 Å². The average molecular weight is 259 g/mol. The number of nitrogens with zero attached hydrogens (tertiary/aromatic N) is 1. The lowest BCUT2D eigenvalue weighted by Crippen LogP contribution is -2.31. The van der Waals surface area contributed by atoms with Crippen molar-refractivity contribution in [3.8, 4) is 5.75 Å². The van der Waals surface area contributed by atoms with Gasteiger partial charge in [-0.3, -0.25) is 14.5 Å². The molecule has 0 spiro atoms. The van der Waals surface area contributed by atoms with Gasteiger partial charge in [-0.1, -0.05) is 6.07 Å². The van der Waals surface area contributed by atoms with Crippen LogP contribution in [0.15, 0.2) is 30.4 Å². The first-order valence-electron chi connectivity index (χ1n) is 6.31. The van der Waals surface area contributed by atoms with E-state index in [9.17, 15) is 9.59 Å². The first-order valence-corrected chi connectivity index (χ1v) is 6.31. The fraction of sp³-hybridized carbons (Fsp3) is 0.333. The molecule has 4 heteroatoms. The maximum atomic E-state index is 11.3. The van der Waals surface area contributed by atoms with E-state index in [1.807, 2.05) is 25.1 Å². The van der Waals surface area contributed by atoms with E-state index in [-0.39, 0.29) is 11.8 Å². The summed E-state index contributed by atoms with van der Waals surface area (Å²) in [6, 6.07) is 5.93. The molecule has 100 valence electrons. The second-order valence-electron chi connectivity index (χ2n) is 4.61. The minimum absolute atomic E-state index is 0.240. The maximum Gasteiger partial charge on any atom is 0.253 e. The van der Waals surface area contributed by atoms with E-state index in [4.69, 9.17) is 4.74 Å². The second-order valence-corrected chi connectivity index (χ2v) is 4.61. The van der Waals surface area contributed by atoms with E-state index in [2.05, 4.69) is 6.92 Å². The van der Waals surface area contributed by atoms with Crippen molar-refractivity contribution in [1.29, 1.82) is 0 Å². The first-order chi connectivity index (χ1) is 9.08. The number of benzene rings is 1. The van der Waals surface area contributed by atoms with Crippen LogP contribution < -0.4 is 4.74 Å². The second kappa shape index (κ2) is 5.69. The number of carbonyl (C=O) groups excluding carboxylic acids is 2. The number of aryl methyl sites for hydroxylation is 2. The van der Waals surface area contributed by atoms with Crippen molar-refractivity contribution in [2.75, 3.05) is 13.2 Å². The third-order valence-corrected chi connectivity index (χ3v) is 3.17. The van der Waals surface area contributed by atoms with Crippen molar-refractivity contribution in [2.24, 2.45) is 0 Å². The van der Waals surface area contributed by atoms with E-state index >= 15 is 0 Å². The van der Waals surface area contributed by atoms with Crippen molar-refractivity contribution in [3.63, 3.8) is 0 Å². The van der Waals surface area contributed by atoms with Crippen LogP contribution in [-0.2, 0) is 9.59 Å². The summed E-state index contributed by atoms with van der Waals surface area (Å²) in [5.41, 5.74) is 2.42. The summed E-state index contributed by atoms with van der Waals surface area (Å²) in [6.45, 7) is 4.97. The Hall–Kier alpha value is -2.10. The molecule has 0 fully saturated rings. The molecule has 0 N–H and O–H groups in total. The highest BCUT2D eigenvalue weighted by Gasteiger charge is 2.22. The number of carbonyl (C=O) groups is 2. The van der Waals surface area contributed by atoms with Crippen molar-refractivity contribution < 1.29 is 14.3 Å². The Morgan fingerprint density at radius 3 is 2.37 bits per heavy atom. The molecule has 0 aromatic heterocycles. The molecule has 1 aliphatic heterocycles. The molecule has 2 rings (SSSR count). The molecule has 1 aromatic carbocycles. The molecular weight excluding hydrogens is 242 g/mol. The highest BCUT2D eigenvalue weighted by Crippen LogP contribution is 2.16. The number of rotatable bonds is 5. The van der Waals surface area contributed by atoms with E-state index in [0.29, 0.717) is 19.6 Å². The van der Waals surface area contributed by atoms with E-state index in [0.717, 1.165) is 5.75 Å². The Kier molecular flexibility index (Phi) is 4.00. The molecule has 1 heterocycles. The van der Waals surface area contributed by atoms with Crippen molar-refractivity contribution >= 4 is 11.8 Å². The summed E-state index contributed by atoms with van der Waals surface area (Å²) in [6.07, 6.45) is 3.23. The van der Waals surface area contributed by atoms with Gasteiger partial charge in [0.15, 0.2) is 0 Å². The highest BCUT2D eigenvalue weighted by atomic mass is 16.5. The van der Waals surface area contributed by atoms with Gasteiger partial charge in [-0.05, 0) is 43.5 Å². The minimum atomic E-state index is -0.240. The number of ether oxygens (including phenoxy) is 1. The molecule has 0 saturated carbocycles. The molecule has 0 bridgehead atoms. The van der Waals surface area contributed by atoms with Crippen LogP contribution in [0.5, 0.6) is 5.75 Å². The predicted octanol–water partition coefficient (Wildman–Crippen LogP) is 2.00. The molecule has 1 aliphatic rings. The SMILES string of the molecule is Cc1ccc(OCCCN2C(=O)C=CC2=O)cc1C. The number of imide groups is 1. The van der Waals surface area contributed by atoms with Crippen LogP contribution in [0.25, 0.3) is 0 Å². The zero-order valence-corrected chi connectivity index (χ0v) is 11.2. The fourth-order valence-corrected chi connectivity index (χ4v) is 1.87. The van der Waals surface area contributed by atoms with Gasteiger partial charge in [0.25, 0.3) is 11.8 Å². The van der Waals surface area contributed by atoms with Crippen LogP contribution in [0.1, 0.15) is 17.5 Å². The normalized spacial score (nSPS) is 14.3. The molecule has 0 atom stereocenters. The van der Waals surface area contributed by atoms with Gasteiger partial charge in [0.05, 0.1) is 6.61 Å². The number of hydrogen-bond acceptors (Lipinski definition) is 3. The van der Waals surface area contributed by atoms with Gasteiger partial charge in [-0.15, -0.1) is 0 Å². The lowest BCUT2D eigenvalue weighted by atomic mass is 10.1. The average Bonchev–Trinajstić information content (AvgIpc) is 2.70. The Morgan fingerprint density at radius 1 is 1.05 bits per heavy atom. The first kappa shape index (κ1) is 13.3. The zero-order chi connectivity index (χ0) is 13.8. The minimum Gasteiger partial charge on any atom is -0.494 e. The van der Waals surface area contributed by atoms with Gasteiger partial charge in [-0.25, -0.2) is 0 Å². The van der Waals surface area contributed by atoms with Crippen LogP contribution in [0.4, 0.5) is 0 Å². The van der Waals surface area contributed by atoms with Crippen LogP contribution in [0.3, 0.4) is 0 Å². The van der Waals surface area contributed by atoms with Gasteiger partial charge < -0.3 is 4.74 Å². The Balaban J connectivity index is 1.76. The predicted molar refractivity (Wildman–Crippen MR) is 71.9 cm³/mol. The van der Waals surface area contributed by atoms with E-state index < -0.39 is 0 Å². The summed E-state index contributed by atoms with van der Waals surface area (Å²) >= 11 is 0. The topological polar surface area (TPSA) is 46.6 Å². The largest absolute Gasteiger partial charge is 0.494 e. The van der Waals surface area contributed by atoms with Gasteiger partial charge in [0.1, 0.15) is 5.75 Å². The highest BCUT2D eigenvalue weighted by molar-refractivity contribution is 6.12. The summed E-state index contributed by atoms with van der Waals surface area (Å²) in [7, 11) is 0. The van der Waals surface area contributed by atoms with Gasteiger partial charge in [-0.2, -0.15) is 0 Å². The van der Waals surface area contributed by atoms with Crippen molar-refractivity contribution in [2.45, 2.75) is 20.3 Å². The van der Waals surface area contributed by atoms with Gasteiger partial charge in [0, 0.05) is 18.7 Å². The van der Waals surface area contributed by atoms with Crippen LogP contribution in [0, 0.1) is 13.8 Å². The van der Waals surface area contributed by atoms with Crippen molar-refractivity contribution in [1.82, 2.24) is 4.90 Å². The summed E-state index contributed by atoms with van der Waals surface area (Å²) in [5.74, 6) is 0.340. The lowest BCUT2D eigenvalue weighted by molar-refractivity contribution is -0.136. The van der Waals surface area contributed by atoms with Crippen LogP contribution >= 0.6 is 0 Å². The summed E-state index contributed by atoms with van der Waals surface area (Å²) in [5, 5.41) is 0. The van der Waals surface area contributed by atoms with E-state index in [1.54, 1.807) is 0 Å². The van der Waals surface area contributed by atoms with Crippen LogP contribution in [0.2, 0.25) is 0 Å². The smallest absolute Gasteiger partial charge is 0.253 e. The third kappa shape index (κ3) is 3.22. The third-order valence-electron chi connectivity index (χ3n) is 3.17. The monoisotopic (exact) mass is 259 g/mol. The Morgan fingerprint density at radius 2 is 1.74 bits per heavy atom. The molecule has 0 saturated heterocycles. The molecule has 19 heavy (non-hydrogen) atoms. The molecule has 0 radical (unpaired) electrons. The summed E-state index contributed by atoms with van der Waals surface area (Å²) < 4.78 is 5.60. The number of hydrogen-bond donors (Lipinski definition) is 0. The Bertz CT molecular complexity index is 516. The lowest BCUT2D eigenvalue weighted by Gasteiger charge is -2.14. The molecule has 0 unspecified atom stereocenters. The summed E-state index contributed by atoms with van der Waals surface area (Å²) in [4.78, 5) is 23.8. The van der Waals surface area contributed by atoms with E-state index in [1.165, 1.54) is 28.2 Å². The maximum absolute atomic E-state index is 11.3. The zero-order valence-electron chi connectivity index (χ0n) is 11.2. The van der Waals surface area contributed by atoms with Gasteiger partial charge >= 0.3 is 0 Å². The molecule has 0 aliphatic carbocycles. The standard InChI is InChI=1S/C15H17NO3/c1-11-4-5-13(10-12(11)2)19-9-3-8-16-14(17)6-7-15(16)18/h4-7,10H,3,8-9H2,1-2H3. The molecule has 4 nitrogen and oxygen atoms in total. The molecule has 2 amide bonds.